The van der Waals surface area contributed by atoms with Crippen LogP contribution in [0.25, 0.3) is 0 Å². The molecule has 0 aliphatic heterocycles. The van der Waals surface area contributed by atoms with Crippen molar-refractivity contribution in [2.24, 2.45) is 0 Å². The molecule has 0 saturated carbocycles. The molecular formula is C13H17NO5. The summed E-state index contributed by atoms with van der Waals surface area (Å²) in [5, 5.41) is 19.8. The maximum atomic E-state index is 11.5. The highest BCUT2D eigenvalue weighted by Gasteiger charge is 2.14. The van der Waals surface area contributed by atoms with Gasteiger partial charge in [-0.05, 0) is 24.6 Å². The third kappa shape index (κ3) is 5.39. The number of hydrogen-bond acceptors (Lipinski definition) is 4. The molecule has 0 unspecified atom stereocenters. The van der Waals surface area contributed by atoms with E-state index in [2.05, 4.69) is 5.32 Å². The van der Waals surface area contributed by atoms with Crippen molar-refractivity contribution in [2.75, 3.05) is 13.2 Å². The van der Waals surface area contributed by atoms with E-state index in [1.807, 2.05) is 6.92 Å². The van der Waals surface area contributed by atoms with E-state index in [0.717, 1.165) is 11.3 Å². The standard InChI is InChI=1S/C13H17NO5/c1-2-19-10-5-3-9(4-6-10)7-12(16)14-8-11(15)13(17)18/h3-6,11,15H,2,7-8H2,1H3,(H,14,16)(H,17,18)/t11-/m0/s1. The Bertz CT molecular complexity index is 429. The van der Waals surface area contributed by atoms with Crippen molar-refractivity contribution >= 4 is 11.9 Å². The molecular weight excluding hydrogens is 250 g/mol. The van der Waals surface area contributed by atoms with Crippen molar-refractivity contribution < 1.29 is 24.5 Å². The van der Waals surface area contributed by atoms with Crippen LogP contribution < -0.4 is 10.1 Å². The molecule has 1 rings (SSSR count). The quantitative estimate of drug-likeness (QED) is 0.655. The van der Waals surface area contributed by atoms with Gasteiger partial charge in [0.15, 0.2) is 6.10 Å². The Balaban J connectivity index is 2.41. The largest absolute Gasteiger partial charge is 0.494 e. The van der Waals surface area contributed by atoms with Gasteiger partial charge in [0.05, 0.1) is 19.6 Å². The Morgan fingerprint density at radius 2 is 1.95 bits per heavy atom. The van der Waals surface area contributed by atoms with Gasteiger partial charge < -0.3 is 20.3 Å². The third-order valence-corrected chi connectivity index (χ3v) is 2.38. The predicted molar refractivity (Wildman–Crippen MR) is 68.0 cm³/mol. The van der Waals surface area contributed by atoms with Crippen LogP contribution >= 0.6 is 0 Å². The molecule has 0 aromatic heterocycles. The first-order valence-electron chi connectivity index (χ1n) is 5.92. The van der Waals surface area contributed by atoms with Crippen LogP contribution in [0.4, 0.5) is 0 Å². The molecule has 3 N–H and O–H groups in total. The second kappa shape index (κ2) is 7.38. The zero-order valence-corrected chi connectivity index (χ0v) is 10.6. The van der Waals surface area contributed by atoms with Crippen molar-refractivity contribution in [1.82, 2.24) is 5.32 Å². The lowest BCUT2D eigenvalue weighted by Crippen LogP contribution is -2.37. The Morgan fingerprint density at radius 1 is 1.32 bits per heavy atom. The number of aliphatic carboxylic acids is 1. The minimum atomic E-state index is -1.58. The maximum Gasteiger partial charge on any atom is 0.334 e. The molecule has 19 heavy (non-hydrogen) atoms. The third-order valence-electron chi connectivity index (χ3n) is 2.38. The summed E-state index contributed by atoms with van der Waals surface area (Å²) in [6.07, 6.45) is -1.46. The summed E-state index contributed by atoms with van der Waals surface area (Å²) in [6.45, 7) is 2.16. The van der Waals surface area contributed by atoms with E-state index < -0.39 is 12.1 Å². The van der Waals surface area contributed by atoms with Gasteiger partial charge in [-0.1, -0.05) is 12.1 Å². The Labute approximate surface area is 111 Å². The first-order valence-corrected chi connectivity index (χ1v) is 5.92. The molecule has 0 saturated heterocycles. The van der Waals surface area contributed by atoms with Gasteiger partial charge in [0.25, 0.3) is 0 Å². The lowest BCUT2D eigenvalue weighted by Gasteiger charge is -2.08. The van der Waals surface area contributed by atoms with Crippen LogP contribution in [-0.2, 0) is 16.0 Å². The Kier molecular flexibility index (Phi) is 5.81. The van der Waals surface area contributed by atoms with Crippen LogP contribution in [-0.4, -0.2) is 41.3 Å². The Hall–Kier alpha value is -2.08. The number of nitrogens with one attached hydrogen (secondary N) is 1. The number of aliphatic hydroxyl groups is 1. The highest BCUT2D eigenvalue weighted by atomic mass is 16.5. The number of rotatable bonds is 7. The zero-order chi connectivity index (χ0) is 14.3. The minimum Gasteiger partial charge on any atom is -0.494 e. The number of carbonyl (C=O) groups is 2. The average molecular weight is 267 g/mol. The summed E-state index contributed by atoms with van der Waals surface area (Å²) in [5.74, 6) is -0.973. The lowest BCUT2D eigenvalue weighted by molar-refractivity contribution is -0.146. The highest BCUT2D eigenvalue weighted by molar-refractivity contribution is 5.80. The van der Waals surface area contributed by atoms with Crippen LogP contribution in [0.3, 0.4) is 0 Å². The molecule has 1 atom stereocenters. The van der Waals surface area contributed by atoms with Crippen molar-refractivity contribution in [3.63, 3.8) is 0 Å². The van der Waals surface area contributed by atoms with Crippen molar-refractivity contribution in [3.8, 4) is 5.75 Å². The summed E-state index contributed by atoms with van der Waals surface area (Å²) in [6, 6.07) is 7.05. The highest BCUT2D eigenvalue weighted by Crippen LogP contribution is 2.12. The molecule has 0 heterocycles. The fraction of sp³-hybridized carbons (Fsp3) is 0.385. The summed E-state index contributed by atoms with van der Waals surface area (Å²) in [7, 11) is 0. The summed E-state index contributed by atoms with van der Waals surface area (Å²) in [4.78, 5) is 21.9. The van der Waals surface area contributed by atoms with Gasteiger partial charge in [-0.2, -0.15) is 0 Å². The molecule has 6 heteroatoms. The van der Waals surface area contributed by atoms with E-state index in [1.54, 1.807) is 24.3 Å². The molecule has 0 spiro atoms. The monoisotopic (exact) mass is 267 g/mol. The fourth-order valence-corrected chi connectivity index (χ4v) is 1.42. The van der Waals surface area contributed by atoms with Gasteiger partial charge in [-0.15, -0.1) is 0 Å². The van der Waals surface area contributed by atoms with E-state index in [9.17, 15) is 9.59 Å². The normalized spacial score (nSPS) is 11.7. The van der Waals surface area contributed by atoms with E-state index >= 15 is 0 Å². The molecule has 104 valence electrons. The minimum absolute atomic E-state index is 0.124. The number of amides is 1. The first-order chi connectivity index (χ1) is 9.02. The Morgan fingerprint density at radius 3 is 2.47 bits per heavy atom. The number of carbonyl (C=O) groups excluding carboxylic acids is 1. The predicted octanol–water partition coefficient (Wildman–Crippen LogP) is 0.189. The van der Waals surface area contributed by atoms with Gasteiger partial charge in [-0.3, -0.25) is 4.79 Å². The molecule has 1 amide bonds. The molecule has 0 aliphatic carbocycles. The van der Waals surface area contributed by atoms with Gasteiger partial charge in [0, 0.05) is 0 Å². The van der Waals surface area contributed by atoms with Gasteiger partial charge >= 0.3 is 5.97 Å². The zero-order valence-electron chi connectivity index (χ0n) is 10.6. The number of carboxylic acid groups (broad SMARTS) is 1. The van der Waals surface area contributed by atoms with Crippen molar-refractivity contribution in [1.29, 1.82) is 0 Å². The molecule has 0 aliphatic rings. The topological polar surface area (TPSA) is 95.9 Å². The van der Waals surface area contributed by atoms with E-state index in [4.69, 9.17) is 14.9 Å². The second-order valence-electron chi connectivity index (χ2n) is 3.91. The lowest BCUT2D eigenvalue weighted by atomic mass is 10.1. The number of aliphatic hydroxyl groups excluding tert-OH is 1. The van der Waals surface area contributed by atoms with E-state index in [0.29, 0.717) is 6.61 Å². The van der Waals surface area contributed by atoms with Crippen LogP contribution in [0.1, 0.15) is 12.5 Å². The molecule has 1 aromatic rings. The summed E-state index contributed by atoms with van der Waals surface area (Å²) >= 11 is 0. The molecule has 0 radical (unpaired) electrons. The number of ether oxygens (including phenoxy) is 1. The van der Waals surface area contributed by atoms with Crippen LogP contribution in [0.2, 0.25) is 0 Å². The van der Waals surface area contributed by atoms with Gasteiger partial charge in [0.1, 0.15) is 5.75 Å². The second-order valence-corrected chi connectivity index (χ2v) is 3.91. The van der Waals surface area contributed by atoms with Crippen LogP contribution in [0, 0.1) is 0 Å². The van der Waals surface area contributed by atoms with Gasteiger partial charge in [0.2, 0.25) is 5.91 Å². The molecule has 0 fully saturated rings. The number of carboxylic acids is 1. The summed E-state index contributed by atoms with van der Waals surface area (Å²) in [5.41, 5.74) is 0.783. The van der Waals surface area contributed by atoms with Crippen molar-refractivity contribution in [3.05, 3.63) is 29.8 Å². The SMILES string of the molecule is CCOc1ccc(CC(=O)NC[C@H](O)C(=O)O)cc1. The maximum absolute atomic E-state index is 11.5. The van der Waals surface area contributed by atoms with E-state index in [1.165, 1.54) is 0 Å². The number of hydrogen-bond donors (Lipinski definition) is 3. The van der Waals surface area contributed by atoms with Crippen LogP contribution in [0.5, 0.6) is 5.75 Å². The number of benzene rings is 1. The summed E-state index contributed by atoms with van der Waals surface area (Å²) < 4.78 is 5.27. The van der Waals surface area contributed by atoms with E-state index in [-0.39, 0.29) is 18.9 Å². The molecule has 1 aromatic carbocycles. The fourth-order valence-electron chi connectivity index (χ4n) is 1.42. The molecule has 6 nitrogen and oxygen atoms in total. The smallest absolute Gasteiger partial charge is 0.334 e. The molecule has 0 bridgehead atoms. The average Bonchev–Trinajstić information content (AvgIpc) is 2.38. The first kappa shape index (κ1) is 15.0. The van der Waals surface area contributed by atoms with Crippen LogP contribution in [0.15, 0.2) is 24.3 Å². The van der Waals surface area contributed by atoms with Gasteiger partial charge in [-0.25, -0.2) is 4.79 Å². The van der Waals surface area contributed by atoms with Crippen molar-refractivity contribution in [2.45, 2.75) is 19.4 Å².